The van der Waals surface area contributed by atoms with Gasteiger partial charge in [-0.1, -0.05) is 0 Å². The average Bonchev–Trinajstić information content (AvgIpc) is 3.06. The monoisotopic (exact) mass is 274 g/mol. The van der Waals surface area contributed by atoms with Crippen molar-refractivity contribution in [1.82, 2.24) is 9.55 Å². The van der Waals surface area contributed by atoms with Gasteiger partial charge in [0.05, 0.1) is 36.7 Å². The van der Waals surface area contributed by atoms with E-state index in [4.69, 9.17) is 9.47 Å². The highest BCUT2D eigenvalue weighted by molar-refractivity contribution is 5.77. The zero-order chi connectivity index (χ0) is 13.9. The van der Waals surface area contributed by atoms with Gasteiger partial charge in [-0.2, -0.15) is 0 Å². The van der Waals surface area contributed by atoms with Crippen LogP contribution >= 0.6 is 0 Å². The van der Waals surface area contributed by atoms with Gasteiger partial charge in [-0.05, 0) is 49.9 Å². The van der Waals surface area contributed by atoms with Crippen LogP contribution in [0, 0.1) is 13.8 Å². The third-order valence-electron chi connectivity index (χ3n) is 4.04. The molecule has 2 aromatic rings. The van der Waals surface area contributed by atoms with E-state index in [9.17, 15) is 0 Å². The molecule has 0 amide bonds. The van der Waals surface area contributed by atoms with E-state index in [1.807, 2.05) is 6.33 Å². The van der Waals surface area contributed by atoms with Crippen LogP contribution in [0.5, 0.6) is 0 Å². The maximum absolute atomic E-state index is 5.72. The molecule has 1 fully saturated rings. The quantitative estimate of drug-likeness (QED) is 0.787. The molecular weight excluding hydrogens is 252 g/mol. The molecule has 4 nitrogen and oxygen atoms in total. The molecule has 1 aliphatic heterocycles. The summed E-state index contributed by atoms with van der Waals surface area (Å²) >= 11 is 0. The standard InChI is InChI=1S/C16H22N2O2/c1-12-8-15-16(9-13(12)2)18(11-17-15)5-7-19-10-14-4-3-6-20-14/h8-9,11,14H,3-7,10H2,1-2H3. The van der Waals surface area contributed by atoms with Gasteiger partial charge in [0.15, 0.2) is 0 Å². The minimum absolute atomic E-state index is 0.305. The SMILES string of the molecule is Cc1cc2ncn(CCOCC3CCCO3)c2cc1C. The molecule has 20 heavy (non-hydrogen) atoms. The maximum atomic E-state index is 5.72. The van der Waals surface area contributed by atoms with E-state index >= 15 is 0 Å². The number of nitrogens with zero attached hydrogens (tertiary/aromatic N) is 2. The van der Waals surface area contributed by atoms with Gasteiger partial charge in [0, 0.05) is 13.2 Å². The van der Waals surface area contributed by atoms with Crippen molar-refractivity contribution in [1.29, 1.82) is 0 Å². The summed E-state index contributed by atoms with van der Waals surface area (Å²) in [4.78, 5) is 4.46. The second-order valence-electron chi connectivity index (χ2n) is 5.57. The normalized spacial score (nSPS) is 19.0. The van der Waals surface area contributed by atoms with Gasteiger partial charge in [0.2, 0.25) is 0 Å². The van der Waals surface area contributed by atoms with Crippen LogP contribution in [-0.4, -0.2) is 35.5 Å². The van der Waals surface area contributed by atoms with Crippen molar-refractivity contribution in [2.75, 3.05) is 19.8 Å². The van der Waals surface area contributed by atoms with Crippen molar-refractivity contribution in [3.8, 4) is 0 Å². The molecule has 4 heteroatoms. The lowest BCUT2D eigenvalue weighted by atomic mass is 10.1. The molecule has 0 radical (unpaired) electrons. The Balaban J connectivity index is 1.58. The van der Waals surface area contributed by atoms with E-state index in [2.05, 4.69) is 35.5 Å². The highest BCUT2D eigenvalue weighted by Crippen LogP contribution is 2.18. The molecule has 1 aromatic carbocycles. The Hall–Kier alpha value is -1.39. The number of aryl methyl sites for hydroxylation is 2. The highest BCUT2D eigenvalue weighted by Gasteiger charge is 2.15. The van der Waals surface area contributed by atoms with Crippen molar-refractivity contribution in [2.45, 2.75) is 39.3 Å². The van der Waals surface area contributed by atoms with Crippen LogP contribution in [0.3, 0.4) is 0 Å². The minimum atomic E-state index is 0.305. The molecule has 1 atom stereocenters. The summed E-state index contributed by atoms with van der Waals surface area (Å²) < 4.78 is 13.4. The van der Waals surface area contributed by atoms with Crippen molar-refractivity contribution in [2.24, 2.45) is 0 Å². The zero-order valence-corrected chi connectivity index (χ0v) is 12.3. The number of hydrogen-bond acceptors (Lipinski definition) is 3. The number of fused-ring (bicyclic) bond motifs is 1. The van der Waals surface area contributed by atoms with Crippen molar-refractivity contribution in [3.63, 3.8) is 0 Å². The predicted molar refractivity (Wildman–Crippen MR) is 79.0 cm³/mol. The van der Waals surface area contributed by atoms with Gasteiger partial charge >= 0.3 is 0 Å². The molecule has 2 heterocycles. The van der Waals surface area contributed by atoms with Gasteiger partial charge in [-0.25, -0.2) is 4.98 Å². The lowest BCUT2D eigenvalue weighted by Gasteiger charge is -2.11. The molecule has 0 saturated carbocycles. The first-order valence-electron chi connectivity index (χ1n) is 7.35. The molecule has 0 bridgehead atoms. The van der Waals surface area contributed by atoms with Crippen LogP contribution in [0.1, 0.15) is 24.0 Å². The first kappa shape index (κ1) is 13.6. The lowest BCUT2D eigenvalue weighted by molar-refractivity contribution is 0.0151. The fourth-order valence-corrected chi connectivity index (χ4v) is 2.64. The van der Waals surface area contributed by atoms with Crippen LogP contribution in [0.2, 0.25) is 0 Å². The first-order valence-corrected chi connectivity index (χ1v) is 7.35. The Labute approximate surface area is 119 Å². The third-order valence-corrected chi connectivity index (χ3v) is 4.04. The van der Waals surface area contributed by atoms with Crippen molar-refractivity contribution < 1.29 is 9.47 Å². The minimum Gasteiger partial charge on any atom is -0.377 e. The molecule has 0 aliphatic carbocycles. The Bertz CT molecular complexity index is 585. The van der Waals surface area contributed by atoms with E-state index in [-0.39, 0.29) is 0 Å². The molecular formula is C16H22N2O2. The Morgan fingerprint density at radius 3 is 3.00 bits per heavy atom. The van der Waals surface area contributed by atoms with Gasteiger partial charge in [0.1, 0.15) is 0 Å². The fourth-order valence-electron chi connectivity index (χ4n) is 2.64. The maximum Gasteiger partial charge on any atom is 0.0959 e. The number of aromatic nitrogens is 2. The predicted octanol–water partition coefficient (Wildman–Crippen LogP) is 2.85. The summed E-state index contributed by atoms with van der Waals surface area (Å²) in [5, 5.41) is 0. The summed E-state index contributed by atoms with van der Waals surface area (Å²) in [6.07, 6.45) is 4.50. The van der Waals surface area contributed by atoms with Crippen molar-refractivity contribution in [3.05, 3.63) is 29.6 Å². The van der Waals surface area contributed by atoms with E-state index in [0.717, 1.165) is 25.1 Å². The Kier molecular flexibility index (Phi) is 4.03. The highest BCUT2D eigenvalue weighted by atomic mass is 16.5. The summed E-state index contributed by atoms with van der Waals surface area (Å²) in [5.41, 5.74) is 4.85. The summed E-state index contributed by atoms with van der Waals surface area (Å²) in [6, 6.07) is 4.35. The Morgan fingerprint density at radius 1 is 1.35 bits per heavy atom. The molecule has 0 N–H and O–H groups in total. The molecule has 1 aliphatic rings. The van der Waals surface area contributed by atoms with Gasteiger partial charge in [-0.15, -0.1) is 0 Å². The van der Waals surface area contributed by atoms with Crippen LogP contribution in [-0.2, 0) is 16.0 Å². The Morgan fingerprint density at radius 2 is 2.20 bits per heavy atom. The van der Waals surface area contributed by atoms with Crippen LogP contribution < -0.4 is 0 Å². The lowest BCUT2D eigenvalue weighted by Crippen LogP contribution is -2.16. The van der Waals surface area contributed by atoms with Gasteiger partial charge in [0.25, 0.3) is 0 Å². The molecule has 1 unspecified atom stereocenters. The zero-order valence-electron chi connectivity index (χ0n) is 12.3. The number of ether oxygens (including phenoxy) is 2. The fraction of sp³-hybridized carbons (Fsp3) is 0.562. The molecule has 1 saturated heterocycles. The van der Waals surface area contributed by atoms with E-state index in [1.54, 1.807) is 0 Å². The summed E-state index contributed by atoms with van der Waals surface area (Å²) in [6.45, 7) is 7.41. The van der Waals surface area contributed by atoms with E-state index in [1.165, 1.54) is 23.1 Å². The van der Waals surface area contributed by atoms with E-state index in [0.29, 0.717) is 19.3 Å². The largest absolute Gasteiger partial charge is 0.377 e. The topological polar surface area (TPSA) is 36.3 Å². The summed E-state index contributed by atoms with van der Waals surface area (Å²) in [5.74, 6) is 0. The second-order valence-corrected chi connectivity index (χ2v) is 5.57. The van der Waals surface area contributed by atoms with Gasteiger partial charge in [-0.3, -0.25) is 0 Å². The smallest absolute Gasteiger partial charge is 0.0959 e. The van der Waals surface area contributed by atoms with Gasteiger partial charge < -0.3 is 14.0 Å². The van der Waals surface area contributed by atoms with Crippen molar-refractivity contribution >= 4 is 11.0 Å². The van der Waals surface area contributed by atoms with Crippen LogP contribution in [0.25, 0.3) is 11.0 Å². The molecule has 0 spiro atoms. The number of rotatable bonds is 5. The van der Waals surface area contributed by atoms with Crippen LogP contribution in [0.15, 0.2) is 18.5 Å². The molecule has 108 valence electrons. The van der Waals surface area contributed by atoms with E-state index < -0.39 is 0 Å². The molecule has 3 rings (SSSR count). The average molecular weight is 274 g/mol. The van der Waals surface area contributed by atoms with Crippen LogP contribution in [0.4, 0.5) is 0 Å². The number of hydrogen-bond donors (Lipinski definition) is 0. The molecule has 1 aromatic heterocycles. The first-order chi connectivity index (χ1) is 9.74. The number of benzene rings is 1. The number of imidazole rings is 1. The second kappa shape index (κ2) is 5.94. The third kappa shape index (κ3) is 2.86. The summed E-state index contributed by atoms with van der Waals surface area (Å²) in [7, 11) is 0.